The van der Waals surface area contributed by atoms with E-state index in [0.717, 1.165) is 38.1 Å². The van der Waals surface area contributed by atoms with Gasteiger partial charge in [0.05, 0.1) is 11.0 Å². The SMILES string of the molecule is c1ccc(-c2cnc3ccc(Nc4nnc(C5CCCC5)s4)nc3c2)cc1. The zero-order valence-electron chi connectivity index (χ0n) is 14.8. The number of rotatable bonds is 4. The Morgan fingerprint density at radius 1 is 0.889 bits per heavy atom. The van der Waals surface area contributed by atoms with Gasteiger partial charge >= 0.3 is 0 Å². The number of fused-ring (bicyclic) bond motifs is 1. The highest BCUT2D eigenvalue weighted by atomic mass is 32.1. The fourth-order valence-electron chi connectivity index (χ4n) is 3.60. The zero-order chi connectivity index (χ0) is 18.1. The van der Waals surface area contributed by atoms with E-state index in [2.05, 4.69) is 38.7 Å². The first kappa shape index (κ1) is 16.3. The zero-order valence-corrected chi connectivity index (χ0v) is 15.6. The molecule has 0 spiro atoms. The number of hydrogen-bond donors (Lipinski definition) is 1. The van der Waals surface area contributed by atoms with Crippen LogP contribution in [0.15, 0.2) is 54.7 Å². The monoisotopic (exact) mass is 373 g/mol. The van der Waals surface area contributed by atoms with Gasteiger partial charge < -0.3 is 5.32 Å². The third-order valence-corrected chi connectivity index (χ3v) is 6.03. The Morgan fingerprint density at radius 2 is 1.74 bits per heavy atom. The average molecular weight is 373 g/mol. The van der Waals surface area contributed by atoms with E-state index < -0.39 is 0 Å². The Labute approximate surface area is 161 Å². The van der Waals surface area contributed by atoms with Gasteiger partial charge in [0, 0.05) is 17.7 Å². The molecule has 5 nitrogen and oxygen atoms in total. The molecule has 134 valence electrons. The third kappa shape index (κ3) is 3.40. The summed E-state index contributed by atoms with van der Waals surface area (Å²) in [6.45, 7) is 0. The van der Waals surface area contributed by atoms with Crippen LogP contribution >= 0.6 is 11.3 Å². The smallest absolute Gasteiger partial charge is 0.211 e. The van der Waals surface area contributed by atoms with Crippen LogP contribution in [0.25, 0.3) is 22.2 Å². The van der Waals surface area contributed by atoms with Gasteiger partial charge in [0.15, 0.2) is 0 Å². The highest BCUT2D eigenvalue weighted by Crippen LogP contribution is 2.37. The second-order valence-corrected chi connectivity index (χ2v) is 7.89. The molecule has 0 unspecified atom stereocenters. The summed E-state index contributed by atoms with van der Waals surface area (Å²) in [6.07, 6.45) is 6.96. The number of aromatic nitrogens is 4. The van der Waals surface area contributed by atoms with E-state index in [1.54, 1.807) is 11.3 Å². The van der Waals surface area contributed by atoms with E-state index in [0.29, 0.717) is 5.92 Å². The number of hydrogen-bond acceptors (Lipinski definition) is 6. The maximum absolute atomic E-state index is 4.73. The molecular weight excluding hydrogens is 354 g/mol. The summed E-state index contributed by atoms with van der Waals surface area (Å²) in [4.78, 5) is 9.28. The Kier molecular flexibility index (Phi) is 4.26. The minimum absolute atomic E-state index is 0.584. The Balaban J connectivity index is 1.42. The summed E-state index contributed by atoms with van der Waals surface area (Å²) in [5, 5.41) is 13.9. The molecule has 0 bridgehead atoms. The van der Waals surface area contributed by atoms with Crippen molar-refractivity contribution in [2.75, 3.05) is 5.32 Å². The lowest BCUT2D eigenvalue weighted by molar-refractivity contribution is 0.705. The second kappa shape index (κ2) is 7.04. The largest absolute Gasteiger partial charge is 0.315 e. The van der Waals surface area contributed by atoms with Gasteiger partial charge in [0.25, 0.3) is 0 Å². The molecular formula is C21H19N5S. The molecule has 5 rings (SSSR count). The maximum Gasteiger partial charge on any atom is 0.211 e. The van der Waals surface area contributed by atoms with Gasteiger partial charge in [0.1, 0.15) is 10.8 Å². The second-order valence-electron chi connectivity index (χ2n) is 6.88. The molecule has 1 fully saturated rings. The molecule has 0 radical (unpaired) electrons. The molecule has 1 N–H and O–H groups in total. The third-order valence-electron chi connectivity index (χ3n) is 5.02. The molecule has 1 aliphatic rings. The Bertz CT molecular complexity index is 1070. The summed E-state index contributed by atoms with van der Waals surface area (Å²) in [6, 6.07) is 16.2. The molecule has 1 saturated carbocycles. The summed E-state index contributed by atoms with van der Waals surface area (Å²) in [5.74, 6) is 1.35. The maximum atomic E-state index is 4.73. The van der Waals surface area contributed by atoms with E-state index in [1.807, 2.05) is 36.5 Å². The van der Waals surface area contributed by atoms with Crippen LogP contribution in [0.5, 0.6) is 0 Å². The number of benzene rings is 1. The van der Waals surface area contributed by atoms with Crippen molar-refractivity contribution in [3.63, 3.8) is 0 Å². The number of nitrogens with zero attached hydrogens (tertiary/aromatic N) is 4. The molecule has 0 atom stereocenters. The summed E-state index contributed by atoms with van der Waals surface area (Å²) in [7, 11) is 0. The van der Waals surface area contributed by atoms with Crippen LogP contribution < -0.4 is 5.32 Å². The van der Waals surface area contributed by atoms with E-state index in [1.165, 1.54) is 25.7 Å². The van der Waals surface area contributed by atoms with Gasteiger partial charge in [-0.3, -0.25) is 4.98 Å². The molecule has 3 aromatic heterocycles. The van der Waals surface area contributed by atoms with Gasteiger partial charge in [-0.1, -0.05) is 54.5 Å². The van der Waals surface area contributed by atoms with Crippen LogP contribution in [0.3, 0.4) is 0 Å². The fourth-order valence-corrected chi connectivity index (χ4v) is 4.52. The van der Waals surface area contributed by atoms with Gasteiger partial charge in [-0.2, -0.15) is 0 Å². The molecule has 1 aromatic carbocycles. The predicted octanol–water partition coefficient (Wildman–Crippen LogP) is 5.55. The van der Waals surface area contributed by atoms with Crippen LogP contribution in [-0.4, -0.2) is 20.2 Å². The Morgan fingerprint density at radius 3 is 2.59 bits per heavy atom. The molecule has 1 aliphatic carbocycles. The van der Waals surface area contributed by atoms with E-state index in [4.69, 9.17) is 4.98 Å². The quantitative estimate of drug-likeness (QED) is 0.508. The first-order valence-electron chi connectivity index (χ1n) is 9.28. The van der Waals surface area contributed by atoms with Crippen molar-refractivity contribution < 1.29 is 0 Å². The first-order chi connectivity index (χ1) is 13.3. The Hall–Kier alpha value is -2.86. The van der Waals surface area contributed by atoms with Gasteiger partial charge in [-0.25, -0.2) is 4.98 Å². The standard InChI is InChI=1S/C21H19N5S/c1-2-6-14(7-3-1)16-12-18-17(22-13-16)10-11-19(23-18)24-21-26-25-20(27-21)15-8-4-5-9-15/h1-3,6-7,10-13,15H,4-5,8-9H2,(H,23,24,26). The van der Waals surface area contributed by atoms with Crippen LogP contribution in [0.1, 0.15) is 36.6 Å². The van der Waals surface area contributed by atoms with Gasteiger partial charge in [0.2, 0.25) is 5.13 Å². The molecule has 4 aromatic rings. The highest BCUT2D eigenvalue weighted by Gasteiger charge is 2.21. The van der Waals surface area contributed by atoms with Crippen LogP contribution in [-0.2, 0) is 0 Å². The molecule has 0 saturated heterocycles. The van der Waals surface area contributed by atoms with Gasteiger partial charge in [-0.05, 0) is 36.6 Å². The lowest BCUT2D eigenvalue weighted by Gasteiger charge is -2.06. The number of pyridine rings is 2. The molecule has 0 amide bonds. The molecule has 27 heavy (non-hydrogen) atoms. The van der Waals surface area contributed by atoms with Gasteiger partial charge in [-0.15, -0.1) is 10.2 Å². The first-order valence-corrected chi connectivity index (χ1v) is 10.1. The van der Waals surface area contributed by atoms with Crippen LogP contribution in [0, 0.1) is 0 Å². The number of nitrogens with one attached hydrogen (secondary N) is 1. The molecule has 6 heteroatoms. The lowest BCUT2D eigenvalue weighted by atomic mass is 10.1. The molecule has 0 aliphatic heterocycles. The van der Waals surface area contributed by atoms with Crippen molar-refractivity contribution in [3.05, 3.63) is 59.7 Å². The van der Waals surface area contributed by atoms with Crippen molar-refractivity contribution in [2.45, 2.75) is 31.6 Å². The van der Waals surface area contributed by atoms with Crippen molar-refractivity contribution in [1.82, 2.24) is 20.2 Å². The lowest BCUT2D eigenvalue weighted by Crippen LogP contribution is -1.94. The van der Waals surface area contributed by atoms with Crippen molar-refractivity contribution >= 4 is 33.3 Å². The van der Waals surface area contributed by atoms with Crippen molar-refractivity contribution in [1.29, 1.82) is 0 Å². The summed E-state index contributed by atoms with van der Waals surface area (Å²) < 4.78 is 0. The highest BCUT2D eigenvalue weighted by molar-refractivity contribution is 7.15. The van der Waals surface area contributed by atoms with E-state index >= 15 is 0 Å². The topological polar surface area (TPSA) is 63.6 Å². The average Bonchev–Trinajstić information content (AvgIpc) is 3.40. The fraction of sp³-hybridized carbons (Fsp3) is 0.238. The van der Waals surface area contributed by atoms with E-state index in [9.17, 15) is 0 Å². The van der Waals surface area contributed by atoms with Crippen LogP contribution in [0.4, 0.5) is 10.9 Å². The van der Waals surface area contributed by atoms with E-state index in [-0.39, 0.29) is 0 Å². The normalized spacial score (nSPS) is 14.7. The number of anilines is 2. The molecule has 3 heterocycles. The summed E-state index contributed by atoms with van der Waals surface area (Å²) >= 11 is 1.64. The summed E-state index contributed by atoms with van der Waals surface area (Å²) in [5.41, 5.74) is 3.94. The minimum atomic E-state index is 0.584. The van der Waals surface area contributed by atoms with Crippen molar-refractivity contribution in [3.8, 4) is 11.1 Å². The predicted molar refractivity (Wildman–Crippen MR) is 109 cm³/mol. The minimum Gasteiger partial charge on any atom is -0.315 e. The van der Waals surface area contributed by atoms with Crippen LogP contribution in [0.2, 0.25) is 0 Å². The van der Waals surface area contributed by atoms with Crippen molar-refractivity contribution in [2.24, 2.45) is 0 Å².